The molecule has 4 nitrogen and oxygen atoms in total. The third-order valence-electron chi connectivity index (χ3n) is 4.04. The standard InChI is InChI=1S/C16H23NO3/c1-19-15-6-4-3-5-13(15)11-17-14-9-7-12(8-10-14)16(18)20-2/h3-6,12,14,17H,7-11H2,1-2H3. The molecule has 1 N–H and O–H groups in total. The summed E-state index contributed by atoms with van der Waals surface area (Å²) in [5.74, 6) is 0.945. The molecule has 110 valence electrons. The average Bonchev–Trinajstić information content (AvgIpc) is 2.53. The van der Waals surface area contributed by atoms with E-state index in [9.17, 15) is 4.79 Å². The molecule has 0 amide bonds. The maximum Gasteiger partial charge on any atom is 0.308 e. The molecule has 1 saturated carbocycles. The van der Waals surface area contributed by atoms with Gasteiger partial charge in [0.15, 0.2) is 0 Å². The van der Waals surface area contributed by atoms with Crippen molar-refractivity contribution in [3.63, 3.8) is 0 Å². The van der Waals surface area contributed by atoms with Crippen LogP contribution in [-0.2, 0) is 16.1 Å². The van der Waals surface area contributed by atoms with Gasteiger partial charge in [-0.15, -0.1) is 0 Å². The molecule has 1 aromatic rings. The lowest BCUT2D eigenvalue weighted by atomic mass is 9.86. The van der Waals surface area contributed by atoms with E-state index in [1.807, 2.05) is 18.2 Å². The lowest BCUT2D eigenvalue weighted by Gasteiger charge is -2.27. The Balaban J connectivity index is 1.80. The zero-order valence-corrected chi connectivity index (χ0v) is 12.2. The van der Waals surface area contributed by atoms with E-state index in [0.717, 1.165) is 38.0 Å². The number of nitrogens with one attached hydrogen (secondary N) is 1. The van der Waals surface area contributed by atoms with E-state index in [4.69, 9.17) is 9.47 Å². The number of para-hydroxylation sites is 1. The minimum atomic E-state index is -0.0619. The molecule has 0 aliphatic heterocycles. The van der Waals surface area contributed by atoms with Crippen molar-refractivity contribution in [1.29, 1.82) is 0 Å². The van der Waals surface area contributed by atoms with Gasteiger partial charge in [-0.25, -0.2) is 0 Å². The first-order chi connectivity index (χ1) is 9.74. The Morgan fingerprint density at radius 3 is 2.55 bits per heavy atom. The van der Waals surface area contributed by atoms with Gasteiger partial charge >= 0.3 is 5.97 Å². The van der Waals surface area contributed by atoms with E-state index in [1.54, 1.807) is 7.11 Å². The second-order valence-corrected chi connectivity index (χ2v) is 5.26. The Labute approximate surface area is 120 Å². The van der Waals surface area contributed by atoms with Gasteiger partial charge in [-0.2, -0.15) is 0 Å². The SMILES string of the molecule is COC(=O)C1CCC(NCc2ccccc2OC)CC1. The van der Waals surface area contributed by atoms with Crippen molar-refractivity contribution in [2.45, 2.75) is 38.3 Å². The van der Waals surface area contributed by atoms with Gasteiger partial charge in [0.05, 0.1) is 20.1 Å². The first kappa shape index (κ1) is 14.9. The van der Waals surface area contributed by atoms with Gasteiger partial charge in [0, 0.05) is 18.2 Å². The molecule has 0 aromatic heterocycles. The third kappa shape index (κ3) is 3.73. The van der Waals surface area contributed by atoms with Crippen LogP contribution in [0.25, 0.3) is 0 Å². The second kappa shape index (κ2) is 7.29. The fourth-order valence-electron chi connectivity index (χ4n) is 2.80. The molecule has 2 rings (SSSR count). The molecule has 0 atom stereocenters. The molecule has 1 aromatic carbocycles. The lowest BCUT2D eigenvalue weighted by molar-refractivity contribution is -0.146. The number of rotatable bonds is 5. The van der Waals surface area contributed by atoms with Gasteiger partial charge in [-0.1, -0.05) is 18.2 Å². The molecule has 0 unspecified atom stereocenters. The minimum absolute atomic E-state index is 0.0619. The van der Waals surface area contributed by atoms with Crippen molar-refractivity contribution in [1.82, 2.24) is 5.32 Å². The maximum atomic E-state index is 11.5. The molecule has 0 heterocycles. The molecule has 0 spiro atoms. The van der Waals surface area contributed by atoms with Crippen LogP contribution in [0.4, 0.5) is 0 Å². The molecule has 0 bridgehead atoms. The number of carbonyl (C=O) groups is 1. The molecular formula is C16H23NO3. The molecule has 1 aliphatic rings. The van der Waals surface area contributed by atoms with Crippen LogP contribution in [0.5, 0.6) is 5.75 Å². The highest BCUT2D eigenvalue weighted by molar-refractivity contribution is 5.72. The summed E-state index contributed by atoms with van der Waals surface area (Å²) in [6, 6.07) is 8.52. The number of hydrogen-bond donors (Lipinski definition) is 1. The van der Waals surface area contributed by atoms with Crippen LogP contribution < -0.4 is 10.1 Å². The predicted octanol–water partition coefficient (Wildman–Crippen LogP) is 2.52. The van der Waals surface area contributed by atoms with Crippen molar-refractivity contribution >= 4 is 5.97 Å². The Bertz CT molecular complexity index is 439. The molecule has 4 heteroatoms. The highest BCUT2D eigenvalue weighted by Crippen LogP contribution is 2.26. The largest absolute Gasteiger partial charge is 0.496 e. The second-order valence-electron chi connectivity index (χ2n) is 5.26. The van der Waals surface area contributed by atoms with E-state index in [-0.39, 0.29) is 11.9 Å². The quantitative estimate of drug-likeness (QED) is 0.840. The van der Waals surface area contributed by atoms with Crippen LogP contribution in [0.1, 0.15) is 31.2 Å². The summed E-state index contributed by atoms with van der Waals surface area (Å²) in [6.45, 7) is 0.803. The number of hydrogen-bond acceptors (Lipinski definition) is 4. The number of esters is 1. The minimum Gasteiger partial charge on any atom is -0.496 e. The van der Waals surface area contributed by atoms with Gasteiger partial charge in [-0.05, 0) is 31.7 Å². The van der Waals surface area contributed by atoms with Gasteiger partial charge in [-0.3, -0.25) is 4.79 Å². The first-order valence-electron chi connectivity index (χ1n) is 7.17. The van der Waals surface area contributed by atoms with Crippen molar-refractivity contribution in [2.24, 2.45) is 5.92 Å². The Morgan fingerprint density at radius 1 is 1.20 bits per heavy atom. The Hall–Kier alpha value is -1.55. The van der Waals surface area contributed by atoms with E-state index < -0.39 is 0 Å². The predicted molar refractivity (Wildman–Crippen MR) is 77.6 cm³/mol. The summed E-state index contributed by atoms with van der Waals surface area (Å²) in [5.41, 5.74) is 1.17. The number of carbonyl (C=O) groups excluding carboxylic acids is 1. The zero-order chi connectivity index (χ0) is 14.4. The van der Waals surface area contributed by atoms with Gasteiger partial charge < -0.3 is 14.8 Å². The molecule has 0 saturated heterocycles. The van der Waals surface area contributed by atoms with Crippen molar-refractivity contribution in [3.05, 3.63) is 29.8 Å². The van der Waals surface area contributed by atoms with Crippen LogP contribution in [0, 0.1) is 5.92 Å². The maximum absolute atomic E-state index is 11.5. The Kier molecular flexibility index (Phi) is 5.41. The van der Waals surface area contributed by atoms with Crippen molar-refractivity contribution < 1.29 is 14.3 Å². The molecule has 20 heavy (non-hydrogen) atoms. The summed E-state index contributed by atoms with van der Waals surface area (Å²) in [4.78, 5) is 11.5. The summed E-state index contributed by atoms with van der Waals surface area (Å²) in [6.07, 6.45) is 3.87. The van der Waals surface area contributed by atoms with E-state index in [1.165, 1.54) is 12.7 Å². The van der Waals surface area contributed by atoms with Crippen molar-refractivity contribution in [3.8, 4) is 5.75 Å². The smallest absolute Gasteiger partial charge is 0.308 e. The highest BCUT2D eigenvalue weighted by atomic mass is 16.5. The first-order valence-corrected chi connectivity index (χ1v) is 7.17. The Morgan fingerprint density at radius 2 is 1.90 bits per heavy atom. The van der Waals surface area contributed by atoms with Crippen LogP contribution in [-0.4, -0.2) is 26.2 Å². The van der Waals surface area contributed by atoms with Crippen LogP contribution in [0.2, 0.25) is 0 Å². The third-order valence-corrected chi connectivity index (χ3v) is 4.04. The van der Waals surface area contributed by atoms with E-state index >= 15 is 0 Å². The van der Waals surface area contributed by atoms with Crippen molar-refractivity contribution in [2.75, 3.05) is 14.2 Å². The summed E-state index contributed by atoms with van der Waals surface area (Å²) >= 11 is 0. The summed E-state index contributed by atoms with van der Waals surface area (Å²) < 4.78 is 10.2. The normalized spacial score (nSPS) is 22.3. The van der Waals surface area contributed by atoms with Crippen LogP contribution >= 0.6 is 0 Å². The fourth-order valence-corrected chi connectivity index (χ4v) is 2.80. The van der Waals surface area contributed by atoms with E-state index in [2.05, 4.69) is 11.4 Å². The van der Waals surface area contributed by atoms with Crippen LogP contribution in [0.15, 0.2) is 24.3 Å². The zero-order valence-electron chi connectivity index (χ0n) is 12.2. The average molecular weight is 277 g/mol. The monoisotopic (exact) mass is 277 g/mol. The van der Waals surface area contributed by atoms with Gasteiger partial charge in [0.25, 0.3) is 0 Å². The van der Waals surface area contributed by atoms with E-state index in [0.29, 0.717) is 6.04 Å². The number of ether oxygens (including phenoxy) is 2. The van der Waals surface area contributed by atoms with Crippen LogP contribution in [0.3, 0.4) is 0 Å². The number of methoxy groups -OCH3 is 2. The van der Waals surface area contributed by atoms with Gasteiger partial charge in [0.2, 0.25) is 0 Å². The summed E-state index contributed by atoms with van der Waals surface area (Å²) in [5, 5.41) is 3.56. The highest BCUT2D eigenvalue weighted by Gasteiger charge is 2.26. The summed E-state index contributed by atoms with van der Waals surface area (Å²) in [7, 11) is 3.16. The topological polar surface area (TPSA) is 47.6 Å². The molecule has 0 radical (unpaired) electrons. The fraction of sp³-hybridized carbons (Fsp3) is 0.562. The number of benzene rings is 1. The lowest BCUT2D eigenvalue weighted by Crippen LogP contribution is -2.34. The molecule has 1 aliphatic carbocycles. The molecular weight excluding hydrogens is 254 g/mol. The molecule has 1 fully saturated rings. The van der Waals surface area contributed by atoms with Gasteiger partial charge in [0.1, 0.15) is 5.75 Å².